The minimum atomic E-state index is -0.0758. The molecule has 1 atom stereocenters. The van der Waals surface area contributed by atoms with Crippen LogP contribution in [-0.4, -0.2) is 35.8 Å². The largest absolute Gasteiger partial charge is 0.354 e. The standard InChI is InChI=1S/C21H24N2O2/c24-20-16-19(15-18-9-5-2-6-10-18)23(14-13-22-20)21(25)12-11-17-7-3-1-4-8-17/h1-10,19H,11-16H2,(H,22,24)/t19-/m0/s1. The van der Waals surface area contributed by atoms with E-state index in [9.17, 15) is 9.59 Å². The predicted molar refractivity (Wildman–Crippen MR) is 98.0 cm³/mol. The fourth-order valence-electron chi connectivity index (χ4n) is 3.33. The van der Waals surface area contributed by atoms with E-state index >= 15 is 0 Å². The van der Waals surface area contributed by atoms with E-state index in [0.29, 0.717) is 32.4 Å². The van der Waals surface area contributed by atoms with E-state index in [-0.39, 0.29) is 17.9 Å². The van der Waals surface area contributed by atoms with Crippen LogP contribution >= 0.6 is 0 Å². The Balaban J connectivity index is 1.68. The minimum absolute atomic E-state index is 0.0271. The number of carbonyl (C=O) groups is 2. The molecule has 1 heterocycles. The van der Waals surface area contributed by atoms with Crippen LogP contribution in [0.5, 0.6) is 0 Å². The van der Waals surface area contributed by atoms with Gasteiger partial charge >= 0.3 is 0 Å². The maximum absolute atomic E-state index is 12.8. The Labute approximate surface area is 148 Å². The Morgan fingerprint density at radius 3 is 2.32 bits per heavy atom. The number of amides is 2. The lowest BCUT2D eigenvalue weighted by Crippen LogP contribution is -2.42. The molecule has 3 rings (SSSR count). The number of carbonyl (C=O) groups excluding carboxylic acids is 2. The molecule has 1 aliphatic rings. The molecule has 1 N–H and O–H groups in total. The number of nitrogens with one attached hydrogen (secondary N) is 1. The third-order valence-corrected chi connectivity index (χ3v) is 4.64. The minimum Gasteiger partial charge on any atom is -0.354 e. The van der Waals surface area contributed by atoms with Gasteiger partial charge in [0.25, 0.3) is 0 Å². The monoisotopic (exact) mass is 336 g/mol. The zero-order chi connectivity index (χ0) is 17.5. The quantitative estimate of drug-likeness (QED) is 0.912. The molecule has 130 valence electrons. The van der Waals surface area contributed by atoms with Crippen molar-refractivity contribution in [1.29, 1.82) is 0 Å². The van der Waals surface area contributed by atoms with Gasteiger partial charge in [-0.2, -0.15) is 0 Å². The summed E-state index contributed by atoms with van der Waals surface area (Å²) in [5.74, 6) is 0.153. The maximum Gasteiger partial charge on any atom is 0.223 e. The van der Waals surface area contributed by atoms with Gasteiger partial charge in [-0.15, -0.1) is 0 Å². The average molecular weight is 336 g/mol. The third kappa shape index (κ3) is 4.92. The number of benzene rings is 2. The SMILES string of the molecule is O=C1C[C@H](Cc2ccccc2)N(C(=O)CCc2ccccc2)CCN1. The van der Waals surface area contributed by atoms with Crippen molar-refractivity contribution >= 4 is 11.8 Å². The van der Waals surface area contributed by atoms with Gasteiger partial charge in [-0.1, -0.05) is 60.7 Å². The van der Waals surface area contributed by atoms with Crippen LogP contribution in [0.25, 0.3) is 0 Å². The highest BCUT2D eigenvalue weighted by molar-refractivity contribution is 5.81. The summed E-state index contributed by atoms with van der Waals surface area (Å²) < 4.78 is 0. The van der Waals surface area contributed by atoms with E-state index < -0.39 is 0 Å². The highest BCUT2D eigenvalue weighted by atomic mass is 16.2. The molecule has 2 aromatic carbocycles. The number of aryl methyl sites for hydroxylation is 1. The van der Waals surface area contributed by atoms with Gasteiger partial charge in [-0.25, -0.2) is 0 Å². The zero-order valence-electron chi connectivity index (χ0n) is 14.4. The molecule has 4 nitrogen and oxygen atoms in total. The molecule has 0 aromatic heterocycles. The molecule has 1 saturated heterocycles. The van der Waals surface area contributed by atoms with Crippen molar-refractivity contribution in [3.8, 4) is 0 Å². The molecule has 2 aromatic rings. The smallest absolute Gasteiger partial charge is 0.223 e. The Kier molecular flexibility index (Phi) is 5.83. The number of rotatable bonds is 5. The highest BCUT2D eigenvalue weighted by Crippen LogP contribution is 2.16. The van der Waals surface area contributed by atoms with E-state index in [2.05, 4.69) is 17.4 Å². The molecule has 1 aliphatic heterocycles. The first kappa shape index (κ1) is 17.2. The Morgan fingerprint density at radius 2 is 1.64 bits per heavy atom. The molecule has 0 saturated carbocycles. The van der Waals surface area contributed by atoms with E-state index in [1.165, 1.54) is 5.56 Å². The van der Waals surface area contributed by atoms with Crippen LogP contribution < -0.4 is 5.32 Å². The fourth-order valence-corrected chi connectivity index (χ4v) is 3.33. The van der Waals surface area contributed by atoms with Crippen molar-refractivity contribution in [2.24, 2.45) is 0 Å². The van der Waals surface area contributed by atoms with Crippen LogP contribution in [0.1, 0.15) is 24.0 Å². The first-order valence-electron chi connectivity index (χ1n) is 8.86. The first-order valence-corrected chi connectivity index (χ1v) is 8.86. The Hall–Kier alpha value is -2.62. The van der Waals surface area contributed by atoms with Crippen molar-refractivity contribution in [3.63, 3.8) is 0 Å². The molecular formula is C21H24N2O2. The van der Waals surface area contributed by atoms with Gasteiger partial charge in [-0.3, -0.25) is 9.59 Å². The number of nitrogens with zero attached hydrogens (tertiary/aromatic N) is 1. The third-order valence-electron chi connectivity index (χ3n) is 4.64. The van der Waals surface area contributed by atoms with Crippen LogP contribution in [-0.2, 0) is 22.4 Å². The summed E-state index contributed by atoms with van der Waals surface area (Å²) in [6, 6.07) is 20.0. The lowest BCUT2D eigenvalue weighted by Gasteiger charge is -2.29. The van der Waals surface area contributed by atoms with Crippen LogP contribution in [0.3, 0.4) is 0 Å². The summed E-state index contributed by atoms with van der Waals surface area (Å²) in [5.41, 5.74) is 2.32. The second-order valence-corrected chi connectivity index (χ2v) is 6.47. The first-order chi connectivity index (χ1) is 12.2. The number of hydrogen-bond donors (Lipinski definition) is 1. The summed E-state index contributed by atoms with van der Waals surface area (Å²) in [5, 5.41) is 2.89. The lowest BCUT2D eigenvalue weighted by molar-refractivity contribution is -0.133. The Morgan fingerprint density at radius 1 is 1.00 bits per heavy atom. The molecule has 25 heavy (non-hydrogen) atoms. The van der Waals surface area contributed by atoms with Crippen LogP contribution in [0.4, 0.5) is 0 Å². The van der Waals surface area contributed by atoms with Gasteiger partial charge in [0.15, 0.2) is 0 Å². The van der Waals surface area contributed by atoms with Crippen LogP contribution in [0, 0.1) is 0 Å². The van der Waals surface area contributed by atoms with Crippen LogP contribution in [0.15, 0.2) is 60.7 Å². The summed E-state index contributed by atoms with van der Waals surface area (Å²) >= 11 is 0. The summed E-state index contributed by atoms with van der Waals surface area (Å²) in [6.45, 7) is 1.11. The average Bonchev–Trinajstić information content (AvgIpc) is 2.82. The molecule has 1 fully saturated rings. The van der Waals surface area contributed by atoms with Crippen molar-refractivity contribution in [2.45, 2.75) is 31.7 Å². The predicted octanol–water partition coefficient (Wildman–Crippen LogP) is 2.58. The van der Waals surface area contributed by atoms with Gasteiger partial charge in [0, 0.05) is 32.0 Å². The van der Waals surface area contributed by atoms with Crippen molar-refractivity contribution in [1.82, 2.24) is 10.2 Å². The molecule has 4 heteroatoms. The number of hydrogen-bond acceptors (Lipinski definition) is 2. The molecule has 0 bridgehead atoms. The van der Waals surface area contributed by atoms with Gasteiger partial charge in [0.05, 0.1) is 0 Å². The van der Waals surface area contributed by atoms with E-state index in [1.54, 1.807) is 0 Å². The van der Waals surface area contributed by atoms with Gasteiger partial charge in [0.2, 0.25) is 11.8 Å². The molecule has 0 radical (unpaired) electrons. The van der Waals surface area contributed by atoms with Gasteiger partial charge in [-0.05, 0) is 24.0 Å². The molecule has 2 amide bonds. The highest BCUT2D eigenvalue weighted by Gasteiger charge is 2.28. The maximum atomic E-state index is 12.8. The van der Waals surface area contributed by atoms with Crippen molar-refractivity contribution in [3.05, 3.63) is 71.8 Å². The summed E-state index contributed by atoms with van der Waals surface area (Å²) in [6.07, 6.45) is 2.29. The summed E-state index contributed by atoms with van der Waals surface area (Å²) in [7, 11) is 0. The van der Waals surface area contributed by atoms with Crippen LogP contribution in [0.2, 0.25) is 0 Å². The van der Waals surface area contributed by atoms with Crippen molar-refractivity contribution < 1.29 is 9.59 Å². The second-order valence-electron chi connectivity index (χ2n) is 6.47. The zero-order valence-corrected chi connectivity index (χ0v) is 14.4. The van der Waals surface area contributed by atoms with E-state index in [1.807, 2.05) is 53.4 Å². The summed E-state index contributed by atoms with van der Waals surface area (Å²) in [4.78, 5) is 26.7. The molecule has 0 spiro atoms. The molecule has 0 unspecified atom stereocenters. The Bertz CT molecular complexity index is 700. The van der Waals surface area contributed by atoms with E-state index in [0.717, 1.165) is 12.0 Å². The van der Waals surface area contributed by atoms with Crippen molar-refractivity contribution in [2.75, 3.05) is 13.1 Å². The lowest BCUT2D eigenvalue weighted by atomic mass is 10.0. The molecule has 0 aliphatic carbocycles. The fraction of sp³-hybridized carbons (Fsp3) is 0.333. The second kappa shape index (κ2) is 8.47. The van der Waals surface area contributed by atoms with E-state index in [4.69, 9.17) is 0 Å². The topological polar surface area (TPSA) is 49.4 Å². The normalized spacial score (nSPS) is 17.7. The molecular weight excluding hydrogens is 312 g/mol. The van der Waals surface area contributed by atoms with Gasteiger partial charge < -0.3 is 10.2 Å². The van der Waals surface area contributed by atoms with Gasteiger partial charge in [0.1, 0.15) is 0 Å².